The monoisotopic (exact) mass is 284 g/mol. The molecule has 116 valence electrons. The highest BCUT2D eigenvalue weighted by Gasteiger charge is 2.30. The fourth-order valence-corrected chi connectivity index (χ4v) is 4.28. The molecule has 0 nitrogen and oxygen atoms in total. The largest absolute Gasteiger partial charge is 0.269 e. The van der Waals surface area contributed by atoms with Gasteiger partial charge in [-0.3, -0.25) is 0 Å². The zero-order chi connectivity index (χ0) is 14.4. The zero-order valence-corrected chi connectivity index (χ0v) is 13.0. The summed E-state index contributed by atoms with van der Waals surface area (Å²) in [6.07, 6.45) is 13.0. The molecule has 0 atom stereocenters. The molecule has 0 radical (unpaired) electrons. The maximum absolute atomic E-state index is 12.6. The zero-order valence-electron chi connectivity index (χ0n) is 13.0. The molecule has 0 N–H and O–H groups in total. The third-order valence-electron chi connectivity index (χ3n) is 5.68. The minimum absolute atomic E-state index is 0.439. The highest BCUT2D eigenvalue weighted by Crippen LogP contribution is 2.42. The smallest absolute Gasteiger partial charge is 0.173 e. The van der Waals surface area contributed by atoms with E-state index in [-0.39, 0.29) is 0 Å². The van der Waals surface area contributed by atoms with Gasteiger partial charge in [-0.25, -0.2) is 0 Å². The van der Waals surface area contributed by atoms with Gasteiger partial charge in [0.2, 0.25) is 0 Å². The fraction of sp³-hybridized carbons (Fsp3) is 0.889. The molecule has 2 fully saturated rings. The van der Waals surface area contributed by atoms with Gasteiger partial charge in [-0.05, 0) is 61.9 Å². The van der Waals surface area contributed by atoms with Crippen molar-refractivity contribution in [3.63, 3.8) is 0 Å². The van der Waals surface area contributed by atoms with Crippen molar-refractivity contribution in [2.45, 2.75) is 84.0 Å². The second kappa shape index (κ2) is 8.14. The molecule has 0 aromatic carbocycles. The molecule has 2 heteroatoms. The van der Waals surface area contributed by atoms with Crippen LogP contribution in [-0.2, 0) is 0 Å². The van der Waals surface area contributed by atoms with E-state index in [0.717, 1.165) is 30.6 Å². The maximum atomic E-state index is 12.6. The van der Waals surface area contributed by atoms with Crippen LogP contribution < -0.4 is 0 Å². The van der Waals surface area contributed by atoms with Crippen LogP contribution in [0.5, 0.6) is 0 Å². The van der Waals surface area contributed by atoms with Gasteiger partial charge in [0.25, 0.3) is 6.08 Å². The molecule has 2 saturated carbocycles. The van der Waals surface area contributed by atoms with E-state index < -0.39 is 6.08 Å². The summed E-state index contributed by atoms with van der Waals surface area (Å²) < 4.78 is 25.1. The molecule has 0 aliphatic heterocycles. The van der Waals surface area contributed by atoms with Gasteiger partial charge < -0.3 is 0 Å². The highest BCUT2D eigenvalue weighted by molar-refractivity contribution is 5.06. The van der Waals surface area contributed by atoms with Crippen LogP contribution in [0.25, 0.3) is 0 Å². The van der Waals surface area contributed by atoms with Crippen molar-refractivity contribution in [1.29, 1.82) is 0 Å². The van der Waals surface area contributed by atoms with Crippen LogP contribution in [0, 0.1) is 17.8 Å². The molecule has 0 aromatic heterocycles. The Bertz CT molecular complexity index is 299. The van der Waals surface area contributed by atoms with Gasteiger partial charge in [-0.1, -0.05) is 45.4 Å². The summed E-state index contributed by atoms with van der Waals surface area (Å²) in [5.41, 5.74) is 0.439. The molecule has 0 saturated heterocycles. The van der Waals surface area contributed by atoms with Gasteiger partial charge in [0.1, 0.15) is 0 Å². The SMILES string of the molecule is CCCCCC1CCC(C2CCC(=C(F)F)CC2)CC1. The third-order valence-corrected chi connectivity index (χ3v) is 5.68. The Morgan fingerprint density at radius 1 is 0.900 bits per heavy atom. The van der Waals surface area contributed by atoms with E-state index in [1.165, 1.54) is 51.4 Å². The van der Waals surface area contributed by atoms with Gasteiger partial charge in [0.05, 0.1) is 0 Å². The number of hydrogen-bond acceptors (Lipinski definition) is 0. The summed E-state index contributed by atoms with van der Waals surface area (Å²) in [6.45, 7) is 2.27. The minimum atomic E-state index is -1.40. The molecule has 0 bridgehead atoms. The lowest BCUT2D eigenvalue weighted by molar-refractivity contribution is 0.170. The Balaban J connectivity index is 1.68. The van der Waals surface area contributed by atoms with Crippen molar-refractivity contribution in [3.8, 4) is 0 Å². The van der Waals surface area contributed by atoms with Crippen LogP contribution >= 0.6 is 0 Å². The number of halogens is 2. The van der Waals surface area contributed by atoms with Crippen LogP contribution in [-0.4, -0.2) is 0 Å². The second-order valence-electron chi connectivity index (χ2n) is 6.98. The lowest BCUT2D eigenvalue weighted by Gasteiger charge is -2.36. The first kappa shape index (κ1) is 16.0. The first-order valence-corrected chi connectivity index (χ1v) is 8.73. The van der Waals surface area contributed by atoms with Gasteiger partial charge in [-0.2, -0.15) is 8.78 Å². The van der Waals surface area contributed by atoms with Crippen molar-refractivity contribution in [2.75, 3.05) is 0 Å². The molecule has 0 aromatic rings. The van der Waals surface area contributed by atoms with E-state index in [9.17, 15) is 8.78 Å². The van der Waals surface area contributed by atoms with Crippen LogP contribution in [0.3, 0.4) is 0 Å². The molecule has 0 amide bonds. The normalized spacial score (nSPS) is 31.4. The van der Waals surface area contributed by atoms with Gasteiger partial charge in [0.15, 0.2) is 0 Å². The third kappa shape index (κ3) is 4.56. The number of rotatable bonds is 5. The molecule has 2 aliphatic carbocycles. The quantitative estimate of drug-likeness (QED) is 0.492. The predicted molar refractivity (Wildman–Crippen MR) is 80.8 cm³/mol. The van der Waals surface area contributed by atoms with E-state index in [1.54, 1.807) is 0 Å². The van der Waals surface area contributed by atoms with E-state index in [2.05, 4.69) is 6.92 Å². The molecular formula is C18H30F2. The second-order valence-corrected chi connectivity index (χ2v) is 6.98. The van der Waals surface area contributed by atoms with Crippen LogP contribution in [0.15, 0.2) is 11.7 Å². The van der Waals surface area contributed by atoms with Gasteiger partial charge >= 0.3 is 0 Å². The lowest BCUT2D eigenvalue weighted by atomic mass is 9.69. The Kier molecular flexibility index (Phi) is 6.51. The molecular weight excluding hydrogens is 254 g/mol. The molecule has 0 spiro atoms. The summed E-state index contributed by atoms with van der Waals surface area (Å²) in [4.78, 5) is 0. The molecule has 2 aliphatic rings. The van der Waals surface area contributed by atoms with E-state index in [4.69, 9.17) is 0 Å². The maximum Gasteiger partial charge on any atom is 0.269 e. The average Bonchev–Trinajstić information content (AvgIpc) is 2.48. The molecule has 20 heavy (non-hydrogen) atoms. The standard InChI is InChI=1S/C18H30F2/c1-2-3-4-5-14-6-8-15(9-7-14)16-10-12-17(13-11-16)18(19)20/h14-16H,2-13H2,1H3. The summed E-state index contributed by atoms with van der Waals surface area (Å²) in [5.74, 6) is 2.52. The van der Waals surface area contributed by atoms with E-state index in [1.807, 2.05) is 0 Å². The van der Waals surface area contributed by atoms with Crippen molar-refractivity contribution < 1.29 is 8.78 Å². The first-order chi connectivity index (χ1) is 9.70. The Morgan fingerprint density at radius 3 is 2.05 bits per heavy atom. The topological polar surface area (TPSA) is 0 Å². The summed E-state index contributed by atoms with van der Waals surface area (Å²) >= 11 is 0. The van der Waals surface area contributed by atoms with Crippen molar-refractivity contribution in [3.05, 3.63) is 11.7 Å². The first-order valence-electron chi connectivity index (χ1n) is 8.73. The van der Waals surface area contributed by atoms with Gasteiger partial charge in [0, 0.05) is 0 Å². The van der Waals surface area contributed by atoms with Crippen molar-refractivity contribution >= 4 is 0 Å². The Hall–Kier alpha value is -0.400. The highest BCUT2D eigenvalue weighted by atomic mass is 19.3. The average molecular weight is 284 g/mol. The summed E-state index contributed by atoms with van der Waals surface area (Å²) in [7, 11) is 0. The van der Waals surface area contributed by atoms with Crippen LogP contribution in [0.1, 0.15) is 84.0 Å². The van der Waals surface area contributed by atoms with E-state index in [0.29, 0.717) is 18.4 Å². The van der Waals surface area contributed by atoms with E-state index >= 15 is 0 Å². The predicted octanol–water partition coefficient (Wildman–Crippen LogP) is 6.71. The Labute approximate surface area is 123 Å². The Morgan fingerprint density at radius 2 is 1.50 bits per heavy atom. The molecule has 0 unspecified atom stereocenters. The van der Waals surface area contributed by atoms with Crippen LogP contribution in [0.4, 0.5) is 8.78 Å². The number of allylic oxidation sites excluding steroid dienone is 1. The van der Waals surface area contributed by atoms with Crippen molar-refractivity contribution in [2.24, 2.45) is 17.8 Å². The summed E-state index contributed by atoms with van der Waals surface area (Å²) in [5, 5.41) is 0. The lowest BCUT2D eigenvalue weighted by Crippen LogP contribution is -2.24. The summed E-state index contributed by atoms with van der Waals surface area (Å²) in [6, 6.07) is 0. The number of hydrogen-bond donors (Lipinski definition) is 0. The van der Waals surface area contributed by atoms with Gasteiger partial charge in [-0.15, -0.1) is 0 Å². The van der Waals surface area contributed by atoms with Crippen molar-refractivity contribution in [1.82, 2.24) is 0 Å². The minimum Gasteiger partial charge on any atom is -0.173 e. The van der Waals surface area contributed by atoms with Crippen LogP contribution in [0.2, 0.25) is 0 Å². The fourth-order valence-electron chi connectivity index (χ4n) is 4.28. The molecule has 2 rings (SSSR count). The number of unbranched alkanes of at least 4 members (excludes halogenated alkanes) is 2. The molecule has 0 heterocycles.